The Bertz CT molecular complexity index is 353. The molecule has 1 rings (SSSR count). The normalized spacial score (nSPS) is 14.2. The maximum absolute atomic E-state index is 12.7. The molecule has 0 bridgehead atoms. The monoisotopic (exact) mass is 287 g/mol. The predicted octanol–water partition coefficient (Wildman–Crippen LogP) is 3.18. The molecule has 1 amide bonds. The predicted molar refractivity (Wildman–Crippen MR) is 66.0 cm³/mol. The first-order chi connectivity index (χ1) is 7.54. The Morgan fingerprint density at radius 2 is 2.00 bits per heavy atom. The third-order valence-corrected chi connectivity index (χ3v) is 3.44. The van der Waals surface area contributed by atoms with Crippen LogP contribution in [0.4, 0.5) is 4.39 Å². The second-order valence-corrected chi connectivity index (χ2v) is 4.76. The molecule has 0 saturated heterocycles. The van der Waals surface area contributed by atoms with Crippen LogP contribution in [0, 0.1) is 5.82 Å². The molecule has 0 aromatic heterocycles. The summed E-state index contributed by atoms with van der Waals surface area (Å²) in [5.41, 5.74) is 0.894. The number of hydrogen-bond donors (Lipinski definition) is 1. The highest BCUT2D eigenvalue weighted by Crippen LogP contribution is 2.14. The number of benzene rings is 1. The van der Waals surface area contributed by atoms with E-state index < -0.39 is 0 Å². The minimum absolute atomic E-state index is 0.0423. The Kier molecular flexibility index (Phi) is 4.93. The van der Waals surface area contributed by atoms with Gasteiger partial charge in [-0.25, -0.2) is 4.39 Å². The standard InChI is InChI=1S/C12H15BrFNO/c1-3-11(13)12(16)15-8(2)9-4-6-10(14)7-5-9/h4-8,11H,3H2,1-2H3,(H,15,16)/t8-,11?/m0/s1. The highest BCUT2D eigenvalue weighted by molar-refractivity contribution is 9.10. The van der Waals surface area contributed by atoms with E-state index in [2.05, 4.69) is 21.2 Å². The minimum atomic E-state index is -0.269. The van der Waals surface area contributed by atoms with E-state index in [0.29, 0.717) is 0 Å². The quantitative estimate of drug-likeness (QED) is 0.847. The fourth-order valence-corrected chi connectivity index (χ4v) is 1.46. The maximum Gasteiger partial charge on any atom is 0.234 e. The lowest BCUT2D eigenvalue weighted by molar-refractivity contribution is -0.121. The van der Waals surface area contributed by atoms with Crippen LogP contribution < -0.4 is 5.32 Å². The van der Waals surface area contributed by atoms with E-state index in [1.54, 1.807) is 12.1 Å². The molecule has 0 aliphatic rings. The summed E-state index contributed by atoms with van der Waals surface area (Å²) < 4.78 is 12.7. The number of nitrogens with one attached hydrogen (secondary N) is 1. The average molecular weight is 288 g/mol. The molecule has 88 valence electrons. The lowest BCUT2D eigenvalue weighted by Gasteiger charge is -2.16. The van der Waals surface area contributed by atoms with Gasteiger partial charge in [-0.2, -0.15) is 0 Å². The molecule has 0 aliphatic carbocycles. The van der Waals surface area contributed by atoms with Gasteiger partial charge in [-0.3, -0.25) is 4.79 Å². The van der Waals surface area contributed by atoms with Gasteiger partial charge < -0.3 is 5.32 Å². The molecule has 1 aromatic carbocycles. The van der Waals surface area contributed by atoms with Crippen LogP contribution in [-0.2, 0) is 4.79 Å². The number of hydrogen-bond acceptors (Lipinski definition) is 1. The van der Waals surface area contributed by atoms with Crippen LogP contribution >= 0.6 is 15.9 Å². The van der Waals surface area contributed by atoms with Crippen LogP contribution in [0.2, 0.25) is 0 Å². The summed E-state index contributed by atoms with van der Waals surface area (Å²) in [6, 6.07) is 6.03. The lowest BCUT2D eigenvalue weighted by Crippen LogP contribution is -2.32. The third kappa shape index (κ3) is 3.59. The minimum Gasteiger partial charge on any atom is -0.349 e. The summed E-state index contributed by atoms with van der Waals surface area (Å²) in [5, 5.41) is 2.86. The first kappa shape index (κ1) is 13.2. The van der Waals surface area contributed by atoms with Crippen molar-refractivity contribution < 1.29 is 9.18 Å². The van der Waals surface area contributed by atoms with Crippen molar-refractivity contribution in [1.82, 2.24) is 5.32 Å². The maximum atomic E-state index is 12.7. The zero-order chi connectivity index (χ0) is 12.1. The largest absolute Gasteiger partial charge is 0.349 e. The molecular weight excluding hydrogens is 273 g/mol. The fraction of sp³-hybridized carbons (Fsp3) is 0.417. The highest BCUT2D eigenvalue weighted by atomic mass is 79.9. The molecule has 0 radical (unpaired) electrons. The van der Waals surface area contributed by atoms with E-state index in [4.69, 9.17) is 0 Å². The molecule has 2 atom stereocenters. The molecule has 0 aliphatic heterocycles. The van der Waals surface area contributed by atoms with E-state index in [0.717, 1.165) is 12.0 Å². The topological polar surface area (TPSA) is 29.1 Å². The van der Waals surface area contributed by atoms with Gasteiger partial charge in [-0.15, -0.1) is 0 Å². The molecule has 1 unspecified atom stereocenters. The first-order valence-electron chi connectivity index (χ1n) is 5.24. The van der Waals surface area contributed by atoms with Crippen molar-refractivity contribution in [2.45, 2.75) is 31.1 Å². The summed E-state index contributed by atoms with van der Waals surface area (Å²) in [6.45, 7) is 3.81. The molecule has 16 heavy (non-hydrogen) atoms. The van der Waals surface area contributed by atoms with Gasteiger partial charge >= 0.3 is 0 Å². The van der Waals surface area contributed by atoms with Gasteiger partial charge in [0.05, 0.1) is 10.9 Å². The zero-order valence-corrected chi connectivity index (χ0v) is 10.9. The zero-order valence-electron chi connectivity index (χ0n) is 9.34. The van der Waals surface area contributed by atoms with E-state index in [-0.39, 0.29) is 22.6 Å². The average Bonchev–Trinajstić information content (AvgIpc) is 2.28. The molecular formula is C12H15BrFNO. The van der Waals surface area contributed by atoms with Crippen molar-refractivity contribution >= 4 is 21.8 Å². The van der Waals surface area contributed by atoms with Gasteiger partial charge in [0.1, 0.15) is 5.82 Å². The van der Waals surface area contributed by atoms with E-state index in [1.807, 2.05) is 13.8 Å². The van der Waals surface area contributed by atoms with Gasteiger partial charge in [0, 0.05) is 0 Å². The van der Waals surface area contributed by atoms with E-state index in [1.165, 1.54) is 12.1 Å². The Balaban J connectivity index is 2.62. The highest BCUT2D eigenvalue weighted by Gasteiger charge is 2.15. The van der Waals surface area contributed by atoms with Gasteiger partial charge in [-0.05, 0) is 31.0 Å². The van der Waals surface area contributed by atoms with Gasteiger partial charge in [0.25, 0.3) is 0 Å². The van der Waals surface area contributed by atoms with Crippen molar-refractivity contribution in [1.29, 1.82) is 0 Å². The van der Waals surface area contributed by atoms with E-state index in [9.17, 15) is 9.18 Å². The second kappa shape index (κ2) is 5.99. The number of halogens is 2. The Morgan fingerprint density at radius 1 is 1.44 bits per heavy atom. The van der Waals surface area contributed by atoms with Crippen LogP contribution in [0.15, 0.2) is 24.3 Å². The summed E-state index contributed by atoms with van der Waals surface area (Å²) in [4.78, 5) is 11.4. The van der Waals surface area contributed by atoms with Crippen LogP contribution in [0.25, 0.3) is 0 Å². The van der Waals surface area contributed by atoms with Crippen LogP contribution in [-0.4, -0.2) is 10.7 Å². The summed E-state index contributed by atoms with van der Waals surface area (Å²) in [6.07, 6.45) is 0.738. The number of carbonyl (C=O) groups excluding carboxylic acids is 1. The van der Waals surface area contributed by atoms with Gasteiger partial charge in [0.15, 0.2) is 0 Å². The molecule has 0 spiro atoms. The fourth-order valence-electron chi connectivity index (χ4n) is 1.32. The third-order valence-electron chi connectivity index (χ3n) is 2.37. The Labute approximate surface area is 103 Å². The molecule has 2 nitrogen and oxygen atoms in total. The van der Waals surface area contributed by atoms with Crippen molar-refractivity contribution in [3.63, 3.8) is 0 Å². The SMILES string of the molecule is CCC(Br)C(=O)N[C@@H](C)c1ccc(F)cc1. The second-order valence-electron chi connectivity index (χ2n) is 3.66. The molecule has 1 aromatic rings. The van der Waals surface area contributed by atoms with Crippen molar-refractivity contribution in [2.24, 2.45) is 0 Å². The van der Waals surface area contributed by atoms with Crippen LogP contribution in [0.5, 0.6) is 0 Å². The summed E-state index contributed by atoms with van der Waals surface area (Å²) >= 11 is 3.28. The smallest absolute Gasteiger partial charge is 0.234 e. The number of carbonyl (C=O) groups is 1. The molecule has 1 N–H and O–H groups in total. The number of rotatable bonds is 4. The Morgan fingerprint density at radius 3 is 2.50 bits per heavy atom. The molecule has 0 heterocycles. The van der Waals surface area contributed by atoms with Gasteiger partial charge in [0.2, 0.25) is 5.91 Å². The number of amides is 1. The lowest BCUT2D eigenvalue weighted by atomic mass is 10.1. The first-order valence-corrected chi connectivity index (χ1v) is 6.16. The van der Waals surface area contributed by atoms with Crippen LogP contribution in [0.3, 0.4) is 0 Å². The van der Waals surface area contributed by atoms with Crippen molar-refractivity contribution in [2.75, 3.05) is 0 Å². The van der Waals surface area contributed by atoms with Crippen molar-refractivity contribution in [3.8, 4) is 0 Å². The van der Waals surface area contributed by atoms with Crippen molar-refractivity contribution in [3.05, 3.63) is 35.6 Å². The van der Waals surface area contributed by atoms with E-state index >= 15 is 0 Å². The summed E-state index contributed by atoms with van der Waals surface area (Å²) in [7, 11) is 0. The molecule has 0 saturated carbocycles. The summed E-state index contributed by atoms with van der Waals surface area (Å²) in [5.74, 6) is -0.312. The Hall–Kier alpha value is -0.900. The van der Waals surface area contributed by atoms with Crippen LogP contribution in [0.1, 0.15) is 31.9 Å². The van der Waals surface area contributed by atoms with Gasteiger partial charge in [-0.1, -0.05) is 35.0 Å². The molecule has 0 fully saturated rings. The molecule has 4 heteroatoms. The number of alkyl halides is 1.